The number of amides is 2. The Bertz CT molecular complexity index is 1290. The normalized spacial score (nSPS) is 10.8. The highest BCUT2D eigenvalue weighted by atomic mass is 35.5. The summed E-state index contributed by atoms with van der Waals surface area (Å²) in [7, 11) is 0. The van der Waals surface area contributed by atoms with Crippen LogP contribution in [0, 0.1) is 5.82 Å². The van der Waals surface area contributed by atoms with E-state index in [2.05, 4.69) is 5.32 Å². The van der Waals surface area contributed by atoms with Gasteiger partial charge in [0.15, 0.2) is 0 Å². The standard InChI is InChI=1S/C29H23Cl2FN2O2/c30-22-11-16-25(26(31)19-22)29(36)34(24-14-12-23(32)13-15-24)18-17-33-28(35)27(20-7-3-1-4-8-20)21-9-5-2-6-10-21/h1-16,19,27H,17-18H2,(H,33,35). The van der Waals surface area contributed by atoms with Crippen LogP contribution in [0.5, 0.6) is 0 Å². The smallest absolute Gasteiger partial charge is 0.259 e. The number of benzene rings is 4. The van der Waals surface area contributed by atoms with E-state index in [4.69, 9.17) is 23.2 Å². The number of nitrogens with zero attached hydrogens (tertiary/aromatic N) is 1. The van der Waals surface area contributed by atoms with Gasteiger partial charge in [-0.3, -0.25) is 9.59 Å². The molecule has 0 aliphatic rings. The van der Waals surface area contributed by atoms with Gasteiger partial charge in [-0.25, -0.2) is 4.39 Å². The molecule has 4 nitrogen and oxygen atoms in total. The second-order valence-electron chi connectivity index (χ2n) is 8.10. The molecule has 0 saturated heterocycles. The Labute approximate surface area is 219 Å². The highest BCUT2D eigenvalue weighted by Crippen LogP contribution is 2.26. The molecule has 0 heterocycles. The van der Waals surface area contributed by atoms with Gasteiger partial charge < -0.3 is 10.2 Å². The van der Waals surface area contributed by atoms with Gasteiger partial charge in [-0.15, -0.1) is 0 Å². The molecule has 0 aliphatic carbocycles. The first-order chi connectivity index (χ1) is 17.4. The molecule has 2 amide bonds. The molecule has 36 heavy (non-hydrogen) atoms. The molecule has 0 unspecified atom stereocenters. The molecule has 4 rings (SSSR count). The zero-order chi connectivity index (χ0) is 25.5. The van der Waals surface area contributed by atoms with Crippen molar-refractivity contribution in [2.75, 3.05) is 18.0 Å². The lowest BCUT2D eigenvalue weighted by atomic mass is 9.90. The quantitative estimate of drug-likeness (QED) is 0.280. The van der Waals surface area contributed by atoms with Crippen LogP contribution in [-0.4, -0.2) is 24.9 Å². The van der Waals surface area contributed by atoms with E-state index < -0.39 is 11.7 Å². The van der Waals surface area contributed by atoms with Crippen LogP contribution < -0.4 is 10.2 Å². The number of rotatable bonds is 8. The van der Waals surface area contributed by atoms with Crippen LogP contribution in [0.25, 0.3) is 0 Å². The third-order valence-corrected chi connectivity index (χ3v) is 6.26. The summed E-state index contributed by atoms with van der Waals surface area (Å²) >= 11 is 12.3. The number of halogens is 3. The monoisotopic (exact) mass is 520 g/mol. The van der Waals surface area contributed by atoms with Crippen molar-refractivity contribution in [1.82, 2.24) is 5.32 Å². The van der Waals surface area contributed by atoms with Gasteiger partial charge in [-0.2, -0.15) is 0 Å². The minimum absolute atomic E-state index is 0.144. The average molecular weight is 521 g/mol. The maximum atomic E-state index is 13.6. The van der Waals surface area contributed by atoms with Crippen molar-refractivity contribution in [2.45, 2.75) is 5.92 Å². The molecule has 0 spiro atoms. The Hall–Kier alpha value is -3.67. The van der Waals surface area contributed by atoms with Crippen molar-refractivity contribution in [2.24, 2.45) is 0 Å². The fraction of sp³-hybridized carbons (Fsp3) is 0.103. The summed E-state index contributed by atoms with van der Waals surface area (Å²) in [5.41, 5.74) is 2.45. The lowest BCUT2D eigenvalue weighted by Gasteiger charge is -2.25. The van der Waals surface area contributed by atoms with Gasteiger partial charge in [0.2, 0.25) is 5.91 Å². The predicted molar refractivity (Wildman–Crippen MR) is 142 cm³/mol. The number of carbonyl (C=O) groups is 2. The Balaban J connectivity index is 1.55. The number of nitrogens with one attached hydrogen (secondary N) is 1. The molecule has 0 saturated carbocycles. The Morgan fingerprint density at radius 1 is 0.806 bits per heavy atom. The molecule has 4 aromatic rings. The molecule has 0 aromatic heterocycles. The minimum atomic E-state index is -0.506. The van der Waals surface area contributed by atoms with Gasteiger partial charge in [-0.05, 0) is 53.6 Å². The highest BCUT2D eigenvalue weighted by Gasteiger charge is 2.24. The van der Waals surface area contributed by atoms with Crippen molar-refractivity contribution < 1.29 is 14.0 Å². The van der Waals surface area contributed by atoms with E-state index in [0.717, 1.165) is 11.1 Å². The van der Waals surface area contributed by atoms with Gasteiger partial charge in [0.05, 0.1) is 16.5 Å². The SMILES string of the molecule is O=C(NCCN(C(=O)c1ccc(Cl)cc1Cl)c1ccc(F)cc1)C(c1ccccc1)c1ccccc1. The summed E-state index contributed by atoms with van der Waals surface area (Å²) in [6.07, 6.45) is 0. The molecule has 4 aromatic carbocycles. The second-order valence-corrected chi connectivity index (χ2v) is 8.95. The first-order valence-electron chi connectivity index (χ1n) is 11.3. The number of hydrogen-bond acceptors (Lipinski definition) is 2. The van der Waals surface area contributed by atoms with Crippen LogP contribution >= 0.6 is 23.2 Å². The first-order valence-corrected chi connectivity index (χ1v) is 12.1. The van der Waals surface area contributed by atoms with E-state index in [-0.39, 0.29) is 35.5 Å². The van der Waals surface area contributed by atoms with Crippen LogP contribution in [0.1, 0.15) is 27.4 Å². The van der Waals surface area contributed by atoms with Gasteiger partial charge >= 0.3 is 0 Å². The summed E-state index contributed by atoms with van der Waals surface area (Å²) in [5.74, 6) is -1.51. The van der Waals surface area contributed by atoms with Crippen molar-refractivity contribution in [1.29, 1.82) is 0 Å². The van der Waals surface area contributed by atoms with E-state index in [1.807, 2.05) is 60.7 Å². The van der Waals surface area contributed by atoms with Crippen LogP contribution in [-0.2, 0) is 4.79 Å². The van der Waals surface area contributed by atoms with Crippen LogP contribution in [0.2, 0.25) is 10.0 Å². The van der Waals surface area contributed by atoms with Crippen LogP contribution in [0.4, 0.5) is 10.1 Å². The number of anilines is 1. The molecule has 1 N–H and O–H groups in total. The second kappa shape index (κ2) is 11.8. The van der Waals surface area contributed by atoms with E-state index in [9.17, 15) is 14.0 Å². The average Bonchev–Trinajstić information content (AvgIpc) is 2.88. The molecule has 182 valence electrons. The molecule has 0 atom stereocenters. The lowest BCUT2D eigenvalue weighted by Crippen LogP contribution is -2.40. The molecule has 0 bridgehead atoms. The molecular formula is C29H23Cl2FN2O2. The maximum absolute atomic E-state index is 13.6. The first kappa shape index (κ1) is 25.4. The summed E-state index contributed by atoms with van der Waals surface area (Å²) in [4.78, 5) is 28.2. The van der Waals surface area contributed by atoms with Crippen molar-refractivity contribution in [3.8, 4) is 0 Å². The molecule has 0 aliphatic heterocycles. The van der Waals surface area contributed by atoms with Gasteiger partial charge in [-0.1, -0.05) is 83.9 Å². The van der Waals surface area contributed by atoms with E-state index in [1.54, 1.807) is 12.1 Å². The van der Waals surface area contributed by atoms with Crippen molar-refractivity contribution >= 4 is 40.7 Å². The predicted octanol–water partition coefficient (Wildman–Crippen LogP) is 6.73. The van der Waals surface area contributed by atoms with E-state index >= 15 is 0 Å². The van der Waals surface area contributed by atoms with Crippen LogP contribution in [0.3, 0.4) is 0 Å². The largest absolute Gasteiger partial charge is 0.353 e. The fourth-order valence-electron chi connectivity index (χ4n) is 3.96. The zero-order valence-electron chi connectivity index (χ0n) is 19.2. The Morgan fingerprint density at radius 2 is 1.39 bits per heavy atom. The maximum Gasteiger partial charge on any atom is 0.259 e. The van der Waals surface area contributed by atoms with Gasteiger partial charge in [0, 0.05) is 23.8 Å². The lowest BCUT2D eigenvalue weighted by molar-refractivity contribution is -0.121. The molecule has 0 fully saturated rings. The number of hydrogen-bond donors (Lipinski definition) is 1. The van der Waals surface area contributed by atoms with Gasteiger partial charge in [0.25, 0.3) is 5.91 Å². The summed E-state index contributed by atoms with van der Waals surface area (Å²) in [6.45, 7) is 0.314. The van der Waals surface area contributed by atoms with Crippen molar-refractivity contribution in [3.63, 3.8) is 0 Å². The highest BCUT2D eigenvalue weighted by molar-refractivity contribution is 6.37. The van der Waals surface area contributed by atoms with E-state index in [0.29, 0.717) is 10.7 Å². The summed E-state index contributed by atoms with van der Waals surface area (Å²) in [6, 6.07) is 29.2. The van der Waals surface area contributed by atoms with Crippen molar-refractivity contribution in [3.05, 3.63) is 136 Å². The molecule has 7 heteroatoms. The third-order valence-electron chi connectivity index (χ3n) is 5.71. The summed E-state index contributed by atoms with van der Waals surface area (Å²) in [5, 5.41) is 3.57. The molecular weight excluding hydrogens is 498 g/mol. The summed E-state index contributed by atoms with van der Waals surface area (Å²) < 4.78 is 13.6. The van der Waals surface area contributed by atoms with Crippen LogP contribution in [0.15, 0.2) is 103 Å². The number of carbonyl (C=O) groups excluding carboxylic acids is 2. The Morgan fingerprint density at radius 3 is 1.94 bits per heavy atom. The fourth-order valence-corrected chi connectivity index (χ4v) is 4.45. The van der Waals surface area contributed by atoms with E-state index in [1.165, 1.54) is 35.2 Å². The zero-order valence-corrected chi connectivity index (χ0v) is 20.7. The Kier molecular flexibility index (Phi) is 8.36. The van der Waals surface area contributed by atoms with Gasteiger partial charge in [0.1, 0.15) is 5.82 Å². The third kappa shape index (κ3) is 6.11. The molecule has 0 radical (unpaired) electrons. The topological polar surface area (TPSA) is 49.4 Å². The minimum Gasteiger partial charge on any atom is -0.353 e.